The van der Waals surface area contributed by atoms with Gasteiger partial charge in [0.1, 0.15) is 11.3 Å². The fourth-order valence-electron chi connectivity index (χ4n) is 3.24. The molecule has 1 aromatic heterocycles. The van der Waals surface area contributed by atoms with E-state index in [0.29, 0.717) is 17.3 Å². The maximum absolute atomic E-state index is 12.4. The predicted octanol–water partition coefficient (Wildman–Crippen LogP) is 5.44. The molecule has 0 saturated heterocycles. The summed E-state index contributed by atoms with van der Waals surface area (Å²) in [5.41, 5.74) is 6.19. The van der Waals surface area contributed by atoms with Crippen LogP contribution in [0.4, 0.5) is 5.69 Å². The van der Waals surface area contributed by atoms with Gasteiger partial charge in [-0.25, -0.2) is 4.98 Å². The van der Waals surface area contributed by atoms with Crippen molar-refractivity contribution in [2.45, 2.75) is 20.8 Å². The molecule has 0 unspecified atom stereocenters. The molecule has 0 atom stereocenters. The van der Waals surface area contributed by atoms with Crippen molar-refractivity contribution in [1.29, 1.82) is 0 Å². The van der Waals surface area contributed by atoms with E-state index < -0.39 is 0 Å². The maximum atomic E-state index is 12.4. The van der Waals surface area contributed by atoms with Crippen molar-refractivity contribution in [2.75, 3.05) is 11.9 Å². The summed E-state index contributed by atoms with van der Waals surface area (Å²) < 4.78 is 11.5. The van der Waals surface area contributed by atoms with Gasteiger partial charge in [-0.1, -0.05) is 24.3 Å². The Morgan fingerprint density at radius 2 is 1.76 bits per heavy atom. The van der Waals surface area contributed by atoms with E-state index in [4.69, 9.17) is 9.15 Å². The van der Waals surface area contributed by atoms with Crippen molar-refractivity contribution < 1.29 is 13.9 Å². The monoisotopic (exact) mass is 386 g/mol. The van der Waals surface area contributed by atoms with Gasteiger partial charge in [0.05, 0.1) is 0 Å². The van der Waals surface area contributed by atoms with E-state index >= 15 is 0 Å². The first-order valence-electron chi connectivity index (χ1n) is 9.45. The Morgan fingerprint density at radius 1 is 1.00 bits per heavy atom. The molecule has 4 aromatic rings. The number of fused-ring (bicyclic) bond motifs is 1. The minimum Gasteiger partial charge on any atom is -0.484 e. The Morgan fingerprint density at radius 3 is 2.52 bits per heavy atom. The van der Waals surface area contributed by atoms with Gasteiger partial charge in [0.2, 0.25) is 5.89 Å². The first kappa shape index (κ1) is 18.7. The van der Waals surface area contributed by atoms with Crippen LogP contribution in [-0.4, -0.2) is 17.5 Å². The smallest absolute Gasteiger partial charge is 0.262 e. The second-order valence-electron chi connectivity index (χ2n) is 7.18. The van der Waals surface area contributed by atoms with Crippen molar-refractivity contribution in [2.24, 2.45) is 0 Å². The lowest BCUT2D eigenvalue weighted by Gasteiger charge is -2.11. The van der Waals surface area contributed by atoms with Crippen molar-refractivity contribution >= 4 is 22.7 Å². The summed E-state index contributed by atoms with van der Waals surface area (Å²) in [6.45, 7) is 5.88. The highest BCUT2D eigenvalue weighted by Gasteiger charge is 2.12. The molecular weight excluding hydrogens is 364 g/mol. The predicted molar refractivity (Wildman–Crippen MR) is 114 cm³/mol. The summed E-state index contributed by atoms with van der Waals surface area (Å²) in [5, 5.41) is 2.92. The van der Waals surface area contributed by atoms with Gasteiger partial charge in [-0.2, -0.15) is 0 Å². The first-order chi connectivity index (χ1) is 14.0. The topological polar surface area (TPSA) is 64.4 Å². The number of carbonyl (C=O) groups is 1. The van der Waals surface area contributed by atoms with Crippen molar-refractivity contribution in [3.8, 4) is 17.2 Å². The van der Waals surface area contributed by atoms with Gasteiger partial charge in [0.15, 0.2) is 12.2 Å². The molecule has 0 radical (unpaired) electrons. The lowest BCUT2D eigenvalue weighted by molar-refractivity contribution is -0.118. The molecular formula is C24H22N2O3. The highest BCUT2D eigenvalue weighted by molar-refractivity contribution is 5.93. The van der Waals surface area contributed by atoms with Gasteiger partial charge in [-0.15, -0.1) is 0 Å². The molecule has 4 rings (SSSR count). The zero-order valence-electron chi connectivity index (χ0n) is 16.7. The third-order valence-electron chi connectivity index (χ3n) is 4.62. The third-order valence-corrected chi connectivity index (χ3v) is 4.62. The normalized spacial score (nSPS) is 10.9. The number of carbonyl (C=O) groups excluding carboxylic acids is 1. The SMILES string of the molecule is Cc1cc(C)cc(OCC(=O)Nc2cc(-c3nc4ccccc4o3)ccc2C)c1. The average molecular weight is 386 g/mol. The van der Waals surface area contributed by atoms with Crippen LogP contribution in [0.25, 0.3) is 22.6 Å². The van der Waals surface area contributed by atoms with E-state index in [0.717, 1.165) is 33.4 Å². The molecule has 1 heterocycles. The Kier molecular flexibility index (Phi) is 5.04. The van der Waals surface area contributed by atoms with Gasteiger partial charge < -0.3 is 14.5 Å². The van der Waals surface area contributed by atoms with Crippen LogP contribution in [0.1, 0.15) is 16.7 Å². The number of aromatic nitrogens is 1. The average Bonchev–Trinajstić information content (AvgIpc) is 3.11. The Bertz CT molecular complexity index is 1140. The number of benzene rings is 3. The fourth-order valence-corrected chi connectivity index (χ4v) is 3.24. The van der Waals surface area contributed by atoms with Crippen LogP contribution >= 0.6 is 0 Å². The molecule has 1 N–H and O–H groups in total. The van der Waals surface area contributed by atoms with Gasteiger partial charge in [-0.05, 0) is 73.9 Å². The van der Waals surface area contributed by atoms with E-state index in [1.165, 1.54) is 0 Å². The molecule has 0 bridgehead atoms. The second kappa shape index (κ2) is 7.80. The number of ether oxygens (including phenoxy) is 1. The minimum absolute atomic E-state index is 0.0601. The number of para-hydroxylation sites is 2. The first-order valence-corrected chi connectivity index (χ1v) is 9.45. The molecule has 29 heavy (non-hydrogen) atoms. The van der Waals surface area contributed by atoms with Crippen LogP contribution in [0, 0.1) is 20.8 Å². The highest BCUT2D eigenvalue weighted by Crippen LogP contribution is 2.28. The number of rotatable bonds is 5. The second-order valence-corrected chi connectivity index (χ2v) is 7.18. The standard InChI is InChI=1S/C24H22N2O3/c1-15-10-16(2)12-19(11-15)28-14-23(27)25-21-13-18(9-8-17(21)3)24-26-20-6-4-5-7-22(20)29-24/h4-13H,14H2,1-3H3,(H,25,27). The van der Waals surface area contributed by atoms with Gasteiger partial charge in [-0.3, -0.25) is 4.79 Å². The molecule has 0 aliphatic carbocycles. The quantitative estimate of drug-likeness (QED) is 0.496. The molecule has 1 amide bonds. The number of hydrogen-bond donors (Lipinski definition) is 1. The summed E-state index contributed by atoms with van der Waals surface area (Å²) >= 11 is 0. The summed E-state index contributed by atoms with van der Waals surface area (Å²) in [6, 6.07) is 19.3. The number of aryl methyl sites for hydroxylation is 3. The van der Waals surface area contributed by atoms with Crippen molar-refractivity contribution in [3.05, 3.63) is 77.4 Å². The van der Waals surface area contributed by atoms with Crippen molar-refractivity contribution in [1.82, 2.24) is 4.98 Å². The molecule has 3 aromatic carbocycles. The molecule has 0 saturated carbocycles. The van der Waals surface area contributed by atoms with Crippen LogP contribution in [-0.2, 0) is 4.79 Å². The lowest BCUT2D eigenvalue weighted by Crippen LogP contribution is -2.20. The van der Waals surface area contributed by atoms with E-state index in [2.05, 4.69) is 16.4 Å². The zero-order valence-corrected chi connectivity index (χ0v) is 16.7. The number of oxazole rings is 1. The number of nitrogens with zero attached hydrogens (tertiary/aromatic N) is 1. The molecule has 5 nitrogen and oxygen atoms in total. The maximum Gasteiger partial charge on any atom is 0.262 e. The largest absolute Gasteiger partial charge is 0.484 e. The van der Waals surface area contributed by atoms with Crippen LogP contribution in [0.3, 0.4) is 0 Å². The minimum atomic E-state index is -0.220. The Hall–Kier alpha value is -3.60. The van der Waals surface area contributed by atoms with Gasteiger partial charge >= 0.3 is 0 Å². The van der Waals surface area contributed by atoms with Gasteiger partial charge in [0.25, 0.3) is 5.91 Å². The van der Waals surface area contributed by atoms with Crippen LogP contribution in [0.2, 0.25) is 0 Å². The molecule has 146 valence electrons. The highest BCUT2D eigenvalue weighted by atomic mass is 16.5. The molecule has 5 heteroatoms. The number of amides is 1. The molecule has 0 fully saturated rings. The van der Waals surface area contributed by atoms with E-state index in [9.17, 15) is 4.79 Å². The summed E-state index contributed by atoms with van der Waals surface area (Å²) in [6.07, 6.45) is 0. The number of anilines is 1. The summed E-state index contributed by atoms with van der Waals surface area (Å²) in [5.74, 6) is 0.991. The van der Waals surface area contributed by atoms with E-state index in [1.807, 2.05) is 75.4 Å². The summed E-state index contributed by atoms with van der Waals surface area (Å²) in [7, 11) is 0. The Labute approximate surface area is 169 Å². The molecule has 0 spiro atoms. The Balaban J connectivity index is 1.49. The molecule has 0 aliphatic heterocycles. The van der Waals surface area contributed by atoms with Crippen LogP contribution < -0.4 is 10.1 Å². The fraction of sp³-hybridized carbons (Fsp3) is 0.167. The van der Waals surface area contributed by atoms with Crippen LogP contribution in [0.5, 0.6) is 5.75 Å². The zero-order chi connectivity index (χ0) is 20.4. The summed E-state index contributed by atoms with van der Waals surface area (Å²) in [4.78, 5) is 16.9. The number of hydrogen-bond acceptors (Lipinski definition) is 4. The number of nitrogens with one attached hydrogen (secondary N) is 1. The van der Waals surface area contributed by atoms with Gasteiger partial charge in [0, 0.05) is 11.3 Å². The lowest BCUT2D eigenvalue weighted by atomic mass is 10.1. The van der Waals surface area contributed by atoms with E-state index in [-0.39, 0.29) is 12.5 Å². The van der Waals surface area contributed by atoms with Crippen molar-refractivity contribution in [3.63, 3.8) is 0 Å². The third kappa shape index (κ3) is 4.29. The molecule has 0 aliphatic rings. The van der Waals surface area contributed by atoms with E-state index in [1.54, 1.807) is 0 Å². The van der Waals surface area contributed by atoms with Crippen LogP contribution in [0.15, 0.2) is 65.1 Å².